The number of hydrogen-bond acceptors (Lipinski definition) is 3. The molecule has 0 aromatic heterocycles. The zero-order valence-electron chi connectivity index (χ0n) is 16.0. The molecule has 4 nitrogen and oxygen atoms in total. The van der Waals surface area contributed by atoms with Gasteiger partial charge in [-0.15, -0.1) is 0 Å². The highest BCUT2D eigenvalue weighted by Crippen LogP contribution is 2.51. The number of amides is 1. The molecule has 29 heavy (non-hydrogen) atoms. The summed E-state index contributed by atoms with van der Waals surface area (Å²) < 4.78 is 10.9. The lowest BCUT2D eigenvalue weighted by atomic mass is 9.94. The molecule has 1 fully saturated rings. The molecule has 3 aromatic rings. The van der Waals surface area contributed by atoms with Crippen LogP contribution in [0, 0.1) is 6.92 Å². The Hall–Kier alpha value is -2.98. The predicted octanol–water partition coefficient (Wildman–Crippen LogP) is 5.71. The number of nitrogens with one attached hydrogen (secondary N) is 1. The highest BCUT2D eigenvalue weighted by Gasteiger charge is 2.51. The molecule has 1 aliphatic carbocycles. The molecular formula is C24H20ClNO3. The Morgan fingerprint density at radius 3 is 2.41 bits per heavy atom. The fourth-order valence-electron chi connectivity index (χ4n) is 3.79. The number of aryl methyl sites for hydroxylation is 1. The van der Waals surface area contributed by atoms with E-state index >= 15 is 0 Å². The normalized spacial score (nSPS) is 15.8. The number of carbonyl (C=O) groups is 1. The van der Waals surface area contributed by atoms with Crippen LogP contribution in [-0.4, -0.2) is 12.7 Å². The van der Waals surface area contributed by atoms with Crippen LogP contribution in [0.2, 0.25) is 5.02 Å². The number of rotatable bonds is 4. The van der Waals surface area contributed by atoms with Crippen LogP contribution < -0.4 is 14.8 Å². The van der Waals surface area contributed by atoms with Gasteiger partial charge in [0, 0.05) is 10.7 Å². The van der Waals surface area contributed by atoms with Crippen molar-refractivity contribution in [2.45, 2.75) is 25.2 Å². The summed E-state index contributed by atoms with van der Waals surface area (Å²) in [6.07, 6.45) is 1.66. The van der Waals surface area contributed by atoms with Crippen molar-refractivity contribution < 1.29 is 14.3 Å². The summed E-state index contributed by atoms with van der Waals surface area (Å²) in [7, 11) is 0. The summed E-state index contributed by atoms with van der Waals surface area (Å²) in [5.74, 6) is 1.46. The Bertz CT molecular complexity index is 1100. The second-order valence-electron chi connectivity index (χ2n) is 7.64. The van der Waals surface area contributed by atoms with Gasteiger partial charge in [0.25, 0.3) is 0 Å². The van der Waals surface area contributed by atoms with Gasteiger partial charge in [0.1, 0.15) is 0 Å². The number of carbonyl (C=O) groups excluding carboxylic acids is 1. The van der Waals surface area contributed by atoms with Gasteiger partial charge in [0.2, 0.25) is 12.7 Å². The SMILES string of the molecule is Cc1ccc(-c2ccc(Cl)cc2)cc1NC(=O)C1(c2ccc3c(c2)OCO3)CC1. The molecule has 1 amide bonds. The van der Waals surface area contributed by atoms with Crippen LogP contribution in [0.4, 0.5) is 5.69 Å². The van der Waals surface area contributed by atoms with Crippen LogP contribution in [0.25, 0.3) is 11.1 Å². The summed E-state index contributed by atoms with van der Waals surface area (Å²) in [4.78, 5) is 13.2. The average molecular weight is 406 g/mol. The zero-order valence-corrected chi connectivity index (χ0v) is 16.8. The summed E-state index contributed by atoms with van der Waals surface area (Å²) in [5, 5.41) is 3.87. The Morgan fingerprint density at radius 2 is 1.66 bits per heavy atom. The van der Waals surface area contributed by atoms with E-state index in [9.17, 15) is 4.79 Å². The molecule has 1 aliphatic heterocycles. The van der Waals surface area contributed by atoms with Gasteiger partial charge in [-0.3, -0.25) is 4.79 Å². The minimum absolute atomic E-state index is 0.0210. The van der Waals surface area contributed by atoms with E-state index in [0.29, 0.717) is 10.8 Å². The molecule has 1 heterocycles. The number of ether oxygens (including phenoxy) is 2. The number of benzene rings is 3. The van der Waals surface area contributed by atoms with Crippen molar-refractivity contribution in [3.63, 3.8) is 0 Å². The van der Waals surface area contributed by atoms with E-state index in [1.807, 2.05) is 61.5 Å². The first kappa shape index (κ1) is 18.1. The van der Waals surface area contributed by atoms with Crippen LogP contribution in [-0.2, 0) is 10.2 Å². The third kappa shape index (κ3) is 3.23. The first-order valence-electron chi connectivity index (χ1n) is 9.63. The van der Waals surface area contributed by atoms with Gasteiger partial charge in [-0.25, -0.2) is 0 Å². The highest BCUT2D eigenvalue weighted by atomic mass is 35.5. The molecule has 3 aromatic carbocycles. The highest BCUT2D eigenvalue weighted by molar-refractivity contribution is 6.30. The van der Waals surface area contributed by atoms with E-state index in [0.717, 1.165) is 46.5 Å². The minimum atomic E-state index is -0.496. The molecule has 0 radical (unpaired) electrons. The van der Waals surface area contributed by atoms with E-state index < -0.39 is 5.41 Å². The van der Waals surface area contributed by atoms with E-state index in [2.05, 4.69) is 11.4 Å². The van der Waals surface area contributed by atoms with Gasteiger partial charge >= 0.3 is 0 Å². The zero-order chi connectivity index (χ0) is 20.0. The van der Waals surface area contributed by atoms with Crippen molar-refractivity contribution in [2.75, 3.05) is 12.1 Å². The second kappa shape index (κ2) is 6.82. The topological polar surface area (TPSA) is 47.6 Å². The van der Waals surface area contributed by atoms with Crippen LogP contribution in [0.3, 0.4) is 0 Å². The predicted molar refractivity (Wildman–Crippen MR) is 114 cm³/mol. The largest absolute Gasteiger partial charge is 0.454 e. The van der Waals surface area contributed by atoms with Crippen LogP contribution in [0.15, 0.2) is 60.7 Å². The molecule has 2 aliphatic rings. The number of hydrogen-bond donors (Lipinski definition) is 1. The molecule has 0 unspecified atom stereocenters. The summed E-state index contributed by atoms with van der Waals surface area (Å²) in [5.41, 5.74) is 4.43. The lowest BCUT2D eigenvalue weighted by molar-refractivity contribution is -0.118. The summed E-state index contributed by atoms with van der Waals surface area (Å²) in [6.45, 7) is 2.23. The first-order valence-corrected chi connectivity index (χ1v) is 10.0. The molecule has 5 heteroatoms. The first-order chi connectivity index (χ1) is 14.0. The van der Waals surface area contributed by atoms with Crippen LogP contribution in [0.5, 0.6) is 11.5 Å². The Labute approximate surface area is 174 Å². The minimum Gasteiger partial charge on any atom is -0.454 e. The number of halogens is 1. The van der Waals surface area contributed by atoms with Crippen molar-refractivity contribution in [1.82, 2.24) is 0 Å². The van der Waals surface area contributed by atoms with E-state index in [4.69, 9.17) is 21.1 Å². The van der Waals surface area contributed by atoms with Crippen molar-refractivity contribution in [2.24, 2.45) is 0 Å². The van der Waals surface area contributed by atoms with Crippen LogP contribution in [0.1, 0.15) is 24.0 Å². The van der Waals surface area contributed by atoms with Crippen molar-refractivity contribution >= 4 is 23.2 Å². The number of anilines is 1. The van der Waals surface area contributed by atoms with E-state index in [1.165, 1.54) is 0 Å². The Kier molecular flexibility index (Phi) is 4.25. The molecule has 0 saturated heterocycles. The lowest BCUT2D eigenvalue weighted by Crippen LogP contribution is -2.28. The average Bonchev–Trinajstić information content (AvgIpc) is 3.41. The Balaban J connectivity index is 1.42. The van der Waals surface area contributed by atoms with Gasteiger partial charge in [-0.2, -0.15) is 0 Å². The molecule has 146 valence electrons. The van der Waals surface area contributed by atoms with Crippen LogP contribution >= 0.6 is 11.6 Å². The summed E-state index contributed by atoms with van der Waals surface area (Å²) in [6, 6.07) is 19.6. The third-order valence-electron chi connectivity index (χ3n) is 5.77. The fourth-order valence-corrected chi connectivity index (χ4v) is 3.91. The van der Waals surface area contributed by atoms with Crippen molar-refractivity contribution in [3.8, 4) is 22.6 Å². The molecule has 5 rings (SSSR count). The van der Waals surface area contributed by atoms with Crippen molar-refractivity contribution in [1.29, 1.82) is 0 Å². The van der Waals surface area contributed by atoms with E-state index in [1.54, 1.807) is 0 Å². The quantitative estimate of drug-likeness (QED) is 0.604. The maximum Gasteiger partial charge on any atom is 0.235 e. The molecule has 1 saturated carbocycles. The Morgan fingerprint density at radius 1 is 0.931 bits per heavy atom. The molecule has 0 spiro atoms. The molecular weight excluding hydrogens is 386 g/mol. The van der Waals surface area contributed by atoms with E-state index in [-0.39, 0.29) is 12.7 Å². The van der Waals surface area contributed by atoms with Crippen molar-refractivity contribution in [3.05, 3.63) is 76.8 Å². The maximum absolute atomic E-state index is 13.2. The smallest absolute Gasteiger partial charge is 0.235 e. The van der Waals surface area contributed by atoms with Gasteiger partial charge in [-0.1, -0.05) is 41.9 Å². The van der Waals surface area contributed by atoms with Gasteiger partial charge in [0.15, 0.2) is 11.5 Å². The molecule has 1 N–H and O–H groups in total. The van der Waals surface area contributed by atoms with Gasteiger partial charge in [-0.05, 0) is 72.4 Å². The van der Waals surface area contributed by atoms with Gasteiger partial charge in [0.05, 0.1) is 5.41 Å². The molecule has 0 atom stereocenters. The van der Waals surface area contributed by atoms with Gasteiger partial charge < -0.3 is 14.8 Å². The fraction of sp³-hybridized carbons (Fsp3) is 0.208. The third-order valence-corrected chi connectivity index (χ3v) is 6.03. The monoisotopic (exact) mass is 405 g/mol. The lowest BCUT2D eigenvalue weighted by Gasteiger charge is -2.18. The number of fused-ring (bicyclic) bond motifs is 1. The summed E-state index contributed by atoms with van der Waals surface area (Å²) >= 11 is 6.00. The second-order valence-corrected chi connectivity index (χ2v) is 8.08. The molecule has 0 bridgehead atoms. The standard InChI is InChI=1S/C24H20ClNO3/c1-15-2-3-17(16-4-7-19(25)8-5-16)12-20(15)26-23(27)24(10-11-24)18-6-9-21-22(13-18)29-14-28-21/h2-9,12-13H,10-11,14H2,1H3,(H,26,27). The maximum atomic E-state index is 13.2.